The minimum Gasteiger partial charge on any atom is -0.454 e. The molecule has 0 unspecified atom stereocenters. The molecular weight excluding hydrogens is 268 g/mol. The Kier molecular flexibility index (Phi) is 2.71. The van der Waals surface area contributed by atoms with Gasteiger partial charge in [-0.15, -0.1) is 0 Å². The third-order valence-corrected chi connectivity index (χ3v) is 2.56. The quantitative estimate of drug-likeness (QED) is 0.674. The van der Waals surface area contributed by atoms with Gasteiger partial charge in [-0.2, -0.15) is 5.10 Å². The Hall–Kier alpha value is -3.10. The van der Waals surface area contributed by atoms with Crippen LogP contribution in [0.2, 0.25) is 0 Å². The van der Waals surface area contributed by atoms with Gasteiger partial charge in [0.2, 0.25) is 12.5 Å². The molecule has 0 spiro atoms. The molecule has 2 heterocycles. The van der Waals surface area contributed by atoms with Crippen molar-refractivity contribution in [2.45, 2.75) is 0 Å². The summed E-state index contributed by atoms with van der Waals surface area (Å²) < 4.78 is 10.3. The van der Waals surface area contributed by atoms with E-state index in [4.69, 9.17) is 9.47 Å². The summed E-state index contributed by atoms with van der Waals surface area (Å²) >= 11 is 0. The van der Waals surface area contributed by atoms with E-state index in [1.165, 1.54) is 0 Å². The fourth-order valence-corrected chi connectivity index (χ4v) is 1.67. The SMILES string of the molecule is O=C(Nc1ccc2c(c1)OCO2)c1n[nH]c(=O)[nH]c1=O. The van der Waals surface area contributed by atoms with Crippen LogP contribution in [0.4, 0.5) is 5.69 Å². The Bertz CT molecular complexity index is 794. The van der Waals surface area contributed by atoms with Crippen molar-refractivity contribution in [3.05, 3.63) is 44.7 Å². The van der Waals surface area contributed by atoms with E-state index >= 15 is 0 Å². The summed E-state index contributed by atoms with van der Waals surface area (Å²) in [5.74, 6) is 0.315. The number of carbonyl (C=O) groups is 1. The van der Waals surface area contributed by atoms with E-state index in [-0.39, 0.29) is 6.79 Å². The van der Waals surface area contributed by atoms with Gasteiger partial charge in [0.05, 0.1) is 0 Å². The highest BCUT2D eigenvalue weighted by atomic mass is 16.7. The van der Waals surface area contributed by atoms with Crippen molar-refractivity contribution >= 4 is 11.6 Å². The zero-order valence-corrected chi connectivity index (χ0v) is 9.93. The van der Waals surface area contributed by atoms with E-state index in [1.54, 1.807) is 18.2 Å². The Morgan fingerprint density at radius 1 is 1.25 bits per heavy atom. The summed E-state index contributed by atoms with van der Waals surface area (Å²) in [7, 11) is 0. The third-order valence-electron chi connectivity index (χ3n) is 2.56. The molecule has 0 saturated heterocycles. The average Bonchev–Trinajstić information content (AvgIpc) is 2.85. The lowest BCUT2D eigenvalue weighted by Crippen LogP contribution is -2.32. The zero-order chi connectivity index (χ0) is 14.1. The van der Waals surface area contributed by atoms with Crippen molar-refractivity contribution in [1.82, 2.24) is 15.2 Å². The second-order valence-corrected chi connectivity index (χ2v) is 3.88. The number of nitrogens with zero attached hydrogens (tertiary/aromatic N) is 1. The van der Waals surface area contributed by atoms with Gasteiger partial charge in [0.1, 0.15) is 0 Å². The van der Waals surface area contributed by atoms with Gasteiger partial charge in [0.25, 0.3) is 11.5 Å². The maximum absolute atomic E-state index is 11.9. The van der Waals surface area contributed by atoms with Crippen molar-refractivity contribution < 1.29 is 14.3 Å². The number of aromatic amines is 2. The van der Waals surface area contributed by atoms with Crippen LogP contribution >= 0.6 is 0 Å². The molecular formula is C11H8N4O5. The number of hydrogen-bond donors (Lipinski definition) is 3. The molecule has 0 bridgehead atoms. The zero-order valence-electron chi connectivity index (χ0n) is 9.93. The van der Waals surface area contributed by atoms with Crippen LogP contribution in [0, 0.1) is 0 Å². The van der Waals surface area contributed by atoms with Gasteiger partial charge in [-0.25, -0.2) is 9.89 Å². The molecule has 20 heavy (non-hydrogen) atoms. The van der Waals surface area contributed by atoms with Gasteiger partial charge in [-0.05, 0) is 12.1 Å². The minimum absolute atomic E-state index is 0.119. The van der Waals surface area contributed by atoms with Gasteiger partial charge in [0, 0.05) is 11.8 Å². The summed E-state index contributed by atoms with van der Waals surface area (Å²) in [5, 5.41) is 7.85. The summed E-state index contributed by atoms with van der Waals surface area (Å²) in [6, 6.07) is 4.77. The second kappa shape index (κ2) is 4.53. The standard InChI is InChI=1S/C11H8N4O5/c16-9(8-10(17)13-11(18)15-14-8)12-5-1-2-6-7(3-5)20-4-19-6/h1-3H,4H2,(H,12,16)(H2,13,15,17,18). The first-order valence-corrected chi connectivity index (χ1v) is 5.53. The first-order chi connectivity index (χ1) is 9.63. The summed E-state index contributed by atoms with van der Waals surface area (Å²) in [5.41, 5.74) is -1.68. The summed E-state index contributed by atoms with van der Waals surface area (Å²) in [4.78, 5) is 36.0. The number of benzene rings is 1. The first-order valence-electron chi connectivity index (χ1n) is 5.53. The number of fused-ring (bicyclic) bond motifs is 1. The molecule has 1 aliphatic rings. The smallest absolute Gasteiger partial charge is 0.342 e. The molecule has 1 amide bonds. The number of H-pyrrole nitrogens is 2. The second-order valence-electron chi connectivity index (χ2n) is 3.88. The van der Waals surface area contributed by atoms with Crippen LogP contribution in [0.3, 0.4) is 0 Å². The highest BCUT2D eigenvalue weighted by Gasteiger charge is 2.17. The Balaban J connectivity index is 1.86. The number of aromatic nitrogens is 3. The predicted molar refractivity (Wildman–Crippen MR) is 66.0 cm³/mol. The van der Waals surface area contributed by atoms with Gasteiger partial charge in [-0.1, -0.05) is 0 Å². The lowest BCUT2D eigenvalue weighted by molar-refractivity contribution is 0.101. The van der Waals surface area contributed by atoms with E-state index in [1.807, 2.05) is 10.1 Å². The Morgan fingerprint density at radius 3 is 2.85 bits per heavy atom. The van der Waals surface area contributed by atoms with Crippen molar-refractivity contribution in [2.75, 3.05) is 12.1 Å². The molecule has 9 nitrogen and oxygen atoms in total. The highest BCUT2D eigenvalue weighted by Crippen LogP contribution is 2.34. The summed E-state index contributed by atoms with van der Waals surface area (Å²) in [6.45, 7) is 0.119. The monoisotopic (exact) mass is 276 g/mol. The average molecular weight is 276 g/mol. The number of rotatable bonds is 2. The van der Waals surface area contributed by atoms with Gasteiger partial charge in [0.15, 0.2) is 11.5 Å². The van der Waals surface area contributed by atoms with Crippen LogP contribution in [-0.4, -0.2) is 27.9 Å². The molecule has 0 radical (unpaired) electrons. The van der Waals surface area contributed by atoms with Crippen LogP contribution in [0.1, 0.15) is 10.5 Å². The molecule has 2 aromatic rings. The molecule has 0 fully saturated rings. The minimum atomic E-state index is -0.869. The lowest BCUT2D eigenvalue weighted by Gasteiger charge is -2.04. The number of ether oxygens (including phenoxy) is 2. The van der Waals surface area contributed by atoms with Crippen molar-refractivity contribution in [3.8, 4) is 11.5 Å². The van der Waals surface area contributed by atoms with E-state index in [2.05, 4.69) is 10.4 Å². The van der Waals surface area contributed by atoms with Gasteiger partial charge >= 0.3 is 5.69 Å². The molecule has 0 atom stereocenters. The topological polar surface area (TPSA) is 126 Å². The van der Waals surface area contributed by atoms with Crippen LogP contribution in [0.15, 0.2) is 27.8 Å². The predicted octanol–water partition coefficient (Wildman–Crippen LogP) is -0.561. The largest absolute Gasteiger partial charge is 0.454 e. The maximum Gasteiger partial charge on any atom is 0.342 e. The molecule has 1 aliphatic heterocycles. The molecule has 1 aromatic carbocycles. The van der Waals surface area contributed by atoms with Gasteiger partial charge < -0.3 is 14.8 Å². The highest BCUT2D eigenvalue weighted by molar-refractivity contribution is 6.02. The number of anilines is 1. The number of amides is 1. The van der Waals surface area contributed by atoms with Crippen molar-refractivity contribution in [1.29, 1.82) is 0 Å². The third kappa shape index (κ3) is 2.11. The van der Waals surface area contributed by atoms with Gasteiger partial charge in [-0.3, -0.25) is 14.6 Å². The van der Waals surface area contributed by atoms with Crippen molar-refractivity contribution in [3.63, 3.8) is 0 Å². The molecule has 9 heteroatoms. The van der Waals surface area contributed by atoms with Crippen LogP contribution in [-0.2, 0) is 0 Å². The Labute approximate surface area is 110 Å². The van der Waals surface area contributed by atoms with Crippen LogP contribution < -0.4 is 26.0 Å². The molecule has 102 valence electrons. The number of hydrogen-bond acceptors (Lipinski definition) is 6. The van der Waals surface area contributed by atoms with Crippen molar-refractivity contribution in [2.24, 2.45) is 0 Å². The van der Waals surface area contributed by atoms with E-state index in [0.29, 0.717) is 17.2 Å². The van der Waals surface area contributed by atoms with Crippen LogP contribution in [0.25, 0.3) is 0 Å². The van der Waals surface area contributed by atoms with E-state index < -0.39 is 22.9 Å². The van der Waals surface area contributed by atoms with Crippen LogP contribution in [0.5, 0.6) is 11.5 Å². The van der Waals surface area contributed by atoms with E-state index in [9.17, 15) is 14.4 Å². The molecule has 0 saturated carbocycles. The fourth-order valence-electron chi connectivity index (χ4n) is 1.67. The molecule has 1 aromatic heterocycles. The normalized spacial score (nSPS) is 12.2. The number of nitrogens with one attached hydrogen (secondary N) is 3. The summed E-state index contributed by atoms with van der Waals surface area (Å²) in [6.07, 6.45) is 0. The molecule has 3 rings (SSSR count). The maximum atomic E-state index is 11.9. The van der Waals surface area contributed by atoms with E-state index in [0.717, 1.165) is 0 Å². The molecule has 3 N–H and O–H groups in total. The molecule has 0 aliphatic carbocycles. The Morgan fingerprint density at radius 2 is 2.05 bits per heavy atom. The number of carbonyl (C=O) groups excluding carboxylic acids is 1. The lowest BCUT2D eigenvalue weighted by atomic mass is 10.2. The fraction of sp³-hybridized carbons (Fsp3) is 0.0909. The first kappa shape index (κ1) is 12.0.